The van der Waals surface area contributed by atoms with Gasteiger partial charge in [-0.05, 0) is 31.2 Å². The Morgan fingerprint density at radius 2 is 2.46 bits per heavy atom. The van der Waals surface area contributed by atoms with Crippen LogP contribution in [0.3, 0.4) is 0 Å². The summed E-state index contributed by atoms with van der Waals surface area (Å²) in [6.07, 6.45) is 2.56. The molecule has 0 radical (unpaired) electrons. The van der Waals surface area contributed by atoms with Crippen molar-refractivity contribution in [3.05, 3.63) is 16.8 Å². The van der Waals surface area contributed by atoms with Gasteiger partial charge in [0, 0.05) is 29.7 Å². The van der Waals surface area contributed by atoms with E-state index in [1.165, 1.54) is 18.5 Å². The Labute approximate surface area is 83.4 Å². The summed E-state index contributed by atoms with van der Waals surface area (Å²) < 4.78 is 0. The van der Waals surface area contributed by atoms with Crippen molar-refractivity contribution in [3.8, 4) is 0 Å². The molecular weight excluding hydrogens is 180 g/mol. The third-order valence-electron chi connectivity index (χ3n) is 2.55. The maximum atomic E-state index is 3.53. The van der Waals surface area contributed by atoms with Crippen molar-refractivity contribution in [2.45, 2.75) is 31.8 Å². The summed E-state index contributed by atoms with van der Waals surface area (Å²) in [5, 5.41) is 11.3. The number of hydrogen-bond donors (Lipinski definition) is 2. The molecule has 0 bridgehead atoms. The number of thiophene rings is 1. The van der Waals surface area contributed by atoms with Crippen molar-refractivity contribution >= 4 is 17.0 Å². The van der Waals surface area contributed by atoms with Crippen molar-refractivity contribution in [2.75, 3.05) is 11.9 Å². The lowest BCUT2D eigenvalue weighted by Crippen LogP contribution is -2.43. The molecule has 1 aromatic heterocycles. The van der Waals surface area contributed by atoms with Gasteiger partial charge >= 0.3 is 0 Å². The average Bonchev–Trinajstić information content (AvgIpc) is 2.62. The number of piperidine rings is 1. The van der Waals surface area contributed by atoms with Gasteiger partial charge in [0.05, 0.1) is 0 Å². The van der Waals surface area contributed by atoms with Gasteiger partial charge in [-0.1, -0.05) is 0 Å². The van der Waals surface area contributed by atoms with Crippen LogP contribution in [-0.4, -0.2) is 18.6 Å². The number of hydrogen-bond acceptors (Lipinski definition) is 3. The van der Waals surface area contributed by atoms with Crippen LogP contribution in [0.2, 0.25) is 0 Å². The molecule has 1 saturated heterocycles. The quantitative estimate of drug-likeness (QED) is 0.758. The lowest BCUT2D eigenvalue weighted by Gasteiger charge is -2.28. The lowest BCUT2D eigenvalue weighted by molar-refractivity contribution is 0.399. The third-order valence-corrected chi connectivity index (χ3v) is 3.24. The molecular formula is C10H16N2S. The highest BCUT2D eigenvalue weighted by Crippen LogP contribution is 2.16. The molecule has 2 rings (SSSR count). The van der Waals surface area contributed by atoms with Crippen molar-refractivity contribution in [1.82, 2.24) is 5.32 Å². The van der Waals surface area contributed by atoms with Crippen LogP contribution in [0, 0.1) is 0 Å². The molecule has 0 amide bonds. The predicted octanol–water partition coefficient (Wildman–Crippen LogP) is 2.30. The van der Waals surface area contributed by atoms with Crippen LogP contribution in [0.15, 0.2) is 16.8 Å². The number of anilines is 1. The summed E-state index contributed by atoms with van der Waals surface area (Å²) in [6, 6.07) is 3.45. The second-order valence-electron chi connectivity index (χ2n) is 3.74. The first-order chi connectivity index (χ1) is 6.34. The van der Waals surface area contributed by atoms with Crippen LogP contribution in [-0.2, 0) is 0 Å². The molecule has 2 atom stereocenters. The summed E-state index contributed by atoms with van der Waals surface area (Å²) >= 11 is 1.75. The van der Waals surface area contributed by atoms with Crippen LogP contribution < -0.4 is 10.6 Å². The molecule has 1 aliphatic rings. The monoisotopic (exact) mass is 196 g/mol. The van der Waals surface area contributed by atoms with Crippen LogP contribution in [0.4, 0.5) is 5.69 Å². The van der Waals surface area contributed by atoms with Gasteiger partial charge in [0.15, 0.2) is 0 Å². The fraction of sp³-hybridized carbons (Fsp3) is 0.600. The van der Waals surface area contributed by atoms with Gasteiger partial charge < -0.3 is 10.6 Å². The molecule has 1 fully saturated rings. The van der Waals surface area contributed by atoms with Crippen molar-refractivity contribution in [3.63, 3.8) is 0 Å². The van der Waals surface area contributed by atoms with E-state index in [2.05, 4.69) is 34.4 Å². The van der Waals surface area contributed by atoms with E-state index in [0.29, 0.717) is 12.1 Å². The van der Waals surface area contributed by atoms with E-state index >= 15 is 0 Å². The van der Waals surface area contributed by atoms with E-state index in [-0.39, 0.29) is 0 Å². The normalized spacial score (nSPS) is 28.7. The SMILES string of the molecule is CC1CCC(Nc2ccsc2)CN1. The van der Waals surface area contributed by atoms with Gasteiger partial charge in [0.2, 0.25) is 0 Å². The van der Waals surface area contributed by atoms with E-state index in [1.807, 2.05) is 0 Å². The minimum Gasteiger partial charge on any atom is -0.380 e. The second kappa shape index (κ2) is 4.11. The molecule has 2 unspecified atom stereocenters. The molecule has 0 aromatic carbocycles. The first kappa shape index (κ1) is 9.03. The Kier molecular flexibility index (Phi) is 2.86. The van der Waals surface area contributed by atoms with Crippen molar-refractivity contribution < 1.29 is 0 Å². The summed E-state index contributed by atoms with van der Waals surface area (Å²) in [7, 11) is 0. The van der Waals surface area contributed by atoms with Crippen molar-refractivity contribution in [2.24, 2.45) is 0 Å². The molecule has 0 saturated carbocycles. The molecule has 3 heteroatoms. The topological polar surface area (TPSA) is 24.1 Å². The highest BCUT2D eigenvalue weighted by molar-refractivity contribution is 7.08. The average molecular weight is 196 g/mol. The molecule has 2 heterocycles. The fourth-order valence-corrected chi connectivity index (χ4v) is 2.30. The summed E-state index contributed by atoms with van der Waals surface area (Å²) in [5.74, 6) is 0. The zero-order chi connectivity index (χ0) is 9.10. The number of rotatable bonds is 2. The molecule has 72 valence electrons. The molecule has 2 N–H and O–H groups in total. The Balaban J connectivity index is 1.83. The fourth-order valence-electron chi connectivity index (χ4n) is 1.70. The highest BCUT2D eigenvalue weighted by Gasteiger charge is 2.16. The standard InChI is InChI=1S/C10H16N2S/c1-8-2-3-9(6-11-8)12-10-4-5-13-7-10/h4-5,7-9,11-12H,2-3,6H2,1H3. The van der Waals surface area contributed by atoms with Gasteiger partial charge in [-0.2, -0.15) is 11.3 Å². The van der Waals surface area contributed by atoms with Crippen LogP contribution in [0.25, 0.3) is 0 Å². The van der Waals surface area contributed by atoms with Gasteiger partial charge in [-0.15, -0.1) is 0 Å². The van der Waals surface area contributed by atoms with E-state index in [0.717, 1.165) is 6.54 Å². The smallest absolute Gasteiger partial charge is 0.0451 e. The van der Waals surface area contributed by atoms with Gasteiger partial charge in [-0.3, -0.25) is 0 Å². The van der Waals surface area contributed by atoms with E-state index in [1.54, 1.807) is 11.3 Å². The van der Waals surface area contributed by atoms with Crippen LogP contribution >= 0.6 is 11.3 Å². The molecule has 2 nitrogen and oxygen atoms in total. The second-order valence-corrected chi connectivity index (χ2v) is 4.52. The maximum Gasteiger partial charge on any atom is 0.0451 e. The van der Waals surface area contributed by atoms with Crippen LogP contribution in [0.5, 0.6) is 0 Å². The third kappa shape index (κ3) is 2.45. The molecule has 0 spiro atoms. The van der Waals surface area contributed by atoms with E-state index in [9.17, 15) is 0 Å². The summed E-state index contributed by atoms with van der Waals surface area (Å²) in [5.41, 5.74) is 1.27. The lowest BCUT2D eigenvalue weighted by atomic mass is 10.0. The molecule has 1 aliphatic heterocycles. The maximum absolute atomic E-state index is 3.53. The van der Waals surface area contributed by atoms with Gasteiger partial charge in [0.1, 0.15) is 0 Å². The summed E-state index contributed by atoms with van der Waals surface area (Å²) in [4.78, 5) is 0. The first-order valence-electron chi connectivity index (χ1n) is 4.87. The minimum atomic E-state index is 0.616. The number of nitrogens with one attached hydrogen (secondary N) is 2. The Morgan fingerprint density at radius 1 is 1.54 bits per heavy atom. The Bertz CT molecular complexity index is 237. The van der Waals surface area contributed by atoms with E-state index in [4.69, 9.17) is 0 Å². The first-order valence-corrected chi connectivity index (χ1v) is 5.81. The molecule has 1 aromatic rings. The van der Waals surface area contributed by atoms with E-state index < -0.39 is 0 Å². The molecule has 0 aliphatic carbocycles. The Hall–Kier alpha value is -0.540. The zero-order valence-corrected chi connectivity index (χ0v) is 8.73. The highest BCUT2D eigenvalue weighted by atomic mass is 32.1. The van der Waals surface area contributed by atoms with Crippen LogP contribution in [0.1, 0.15) is 19.8 Å². The summed E-state index contributed by atoms with van der Waals surface area (Å²) in [6.45, 7) is 3.35. The largest absolute Gasteiger partial charge is 0.380 e. The van der Waals surface area contributed by atoms with Gasteiger partial charge in [0.25, 0.3) is 0 Å². The molecule has 13 heavy (non-hydrogen) atoms. The van der Waals surface area contributed by atoms with Crippen molar-refractivity contribution in [1.29, 1.82) is 0 Å². The predicted molar refractivity (Wildman–Crippen MR) is 58.4 cm³/mol. The van der Waals surface area contributed by atoms with Gasteiger partial charge in [-0.25, -0.2) is 0 Å². The Morgan fingerprint density at radius 3 is 3.08 bits per heavy atom. The zero-order valence-electron chi connectivity index (χ0n) is 7.92. The minimum absolute atomic E-state index is 0.616.